The molecule has 6 aromatic carbocycles. The van der Waals surface area contributed by atoms with Crippen LogP contribution in [-0.4, -0.2) is 13.2 Å². The number of rotatable bonds is 3. The van der Waals surface area contributed by atoms with E-state index in [1.54, 1.807) is 0 Å². The van der Waals surface area contributed by atoms with Gasteiger partial charge >= 0.3 is 0 Å². The van der Waals surface area contributed by atoms with Crippen LogP contribution in [0.5, 0.6) is 0 Å². The Morgan fingerprint density at radius 2 is 1.02 bits per heavy atom. The van der Waals surface area contributed by atoms with Crippen LogP contribution in [0.4, 0.5) is 0 Å². The molecule has 4 heteroatoms. The Labute approximate surface area is 233 Å². The number of benzene rings is 6. The molecule has 0 radical (unpaired) electrons. The Balaban J connectivity index is 1.69. The summed E-state index contributed by atoms with van der Waals surface area (Å²) in [7, 11) is -1.32. The lowest BCUT2D eigenvalue weighted by atomic mass is 9.91. The van der Waals surface area contributed by atoms with Crippen LogP contribution in [0.3, 0.4) is 0 Å². The summed E-state index contributed by atoms with van der Waals surface area (Å²) >= 11 is 0. The third kappa shape index (κ3) is 3.85. The molecule has 0 bridgehead atoms. The van der Waals surface area contributed by atoms with Crippen molar-refractivity contribution in [2.24, 2.45) is 0 Å². The lowest BCUT2D eigenvalue weighted by molar-refractivity contribution is 0.196. The minimum absolute atomic E-state index is 0.194. The zero-order valence-corrected chi connectivity index (χ0v) is 22.8. The van der Waals surface area contributed by atoms with Gasteiger partial charge in [0.1, 0.15) is 0 Å². The van der Waals surface area contributed by atoms with Gasteiger partial charge in [0, 0.05) is 28.5 Å². The zero-order chi connectivity index (χ0) is 26.5. The first-order valence-corrected chi connectivity index (χ1v) is 15.1. The second kappa shape index (κ2) is 9.71. The van der Waals surface area contributed by atoms with E-state index >= 15 is 0 Å². The van der Waals surface area contributed by atoms with Crippen LogP contribution in [0.15, 0.2) is 130 Å². The lowest BCUT2D eigenvalue weighted by Gasteiger charge is -2.12. The van der Waals surface area contributed by atoms with Crippen molar-refractivity contribution in [2.45, 2.75) is 12.1 Å². The van der Waals surface area contributed by atoms with Crippen LogP contribution < -0.4 is 0 Å². The minimum atomic E-state index is -1.32. The van der Waals surface area contributed by atoms with Crippen LogP contribution >= 0.6 is 8.01 Å². The molecule has 1 unspecified atom stereocenters. The maximum Gasteiger partial charge on any atom is 0.222 e. The lowest BCUT2D eigenvalue weighted by Crippen LogP contribution is -1.87. The van der Waals surface area contributed by atoms with Gasteiger partial charge in [-0.25, -0.2) is 0 Å². The maximum atomic E-state index is 7.12. The van der Waals surface area contributed by atoms with E-state index in [0.29, 0.717) is 6.61 Å². The fourth-order valence-corrected chi connectivity index (χ4v) is 7.66. The molecular weight excluding hydrogens is 511 g/mol. The summed E-state index contributed by atoms with van der Waals surface area (Å²) in [6, 6.07) is 43.0. The van der Waals surface area contributed by atoms with E-state index in [1.807, 2.05) is 0 Å². The van der Waals surface area contributed by atoms with Crippen molar-refractivity contribution in [3.8, 4) is 22.3 Å². The molecule has 1 atom stereocenters. The van der Waals surface area contributed by atoms with Crippen molar-refractivity contribution >= 4 is 51.5 Å². The molecule has 3 nitrogen and oxygen atoms in total. The number of ether oxygens (including phenoxy) is 1. The van der Waals surface area contributed by atoms with Gasteiger partial charge in [-0.05, 0) is 51.2 Å². The molecule has 7 aromatic rings. The van der Waals surface area contributed by atoms with Gasteiger partial charge in [-0.3, -0.25) is 0 Å². The first-order valence-electron chi connectivity index (χ1n) is 13.8. The highest BCUT2D eigenvalue weighted by molar-refractivity contribution is 7.37. The summed E-state index contributed by atoms with van der Waals surface area (Å²) in [5.41, 5.74) is 6.44. The number of hydrogen-bond acceptors (Lipinski definition) is 3. The van der Waals surface area contributed by atoms with Gasteiger partial charge in [-0.2, -0.15) is 0 Å². The second-order valence-electron chi connectivity index (χ2n) is 10.4. The molecule has 0 saturated carbocycles. The molecule has 8 rings (SSSR count). The van der Waals surface area contributed by atoms with Crippen molar-refractivity contribution in [1.29, 1.82) is 0 Å². The highest BCUT2D eigenvalue weighted by Crippen LogP contribution is 2.52. The predicted molar refractivity (Wildman–Crippen MR) is 167 cm³/mol. The topological polar surface area (TPSA) is 35.5 Å². The van der Waals surface area contributed by atoms with Crippen molar-refractivity contribution in [3.05, 3.63) is 121 Å². The third-order valence-corrected chi connectivity index (χ3v) is 9.72. The smallest absolute Gasteiger partial charge is 0.222 e. The van der Waals surface area contributed by atoms with E-state index in [2.05, 4.69) is 121 Å². The van der Waals surface area contributed by atoms with Crippen molar-refractivity contribution in [3.63, 3.8) is 0 Å². The zero-order valence-electron chi connectivity index (χ0n) is 21.9. The quantitative estimate of drug-likeness (QED) is 0.224. The molecule has 0 aliphatic carbocycles. The van der Waals surface area contributed by atoms with E-state index in [-0.39, 0.29) is 5.66 Å². The fourth-order valence-electron chi connectivity index (χ4n) is 6.04. The minimum Gasteiger partial charge on any atom is -0.418 e. The van der Waals surface area contributed by atoms with Crippen LogP contribution in [0, 0.1) is 0 Å². The Hall–Kier alpha value is -4.30. The summed E-state index contributed by atoms with van der Waals surface area (Å²) in [6.45, 7) is 1.39. The Kier molecular flexibility index (Phi) is 5.72. The van der Waals surface area contributed by atoms with Crippen molar-refractivity contribution < 1.29 is 13.1 Å². The summed E-state index contributed by atoms with van der Waals surface area (Å²) < 4.78 is 20.1. The molecule has 2 heterocycles. The molecule has 1 saturated heterocycles. The van der Waals surface area contributed by atoms with Gasteiger partial charge in [-0.15, -0.1) is 0 Å². The van der Waals surface area contributed by atoms with E-state index in [1.165, 1.54) is 10.8 Å². The van der Waals surface area contributed by atoms with Gasteiger partial charge in [0.2, 0.25) is 8.01 Å². The Morgan fingerprint density at radius 3 is 1.50 bits per heavy atom. The van der Waals surface area contributed by atoms with Crippen LogP contribution in [0.1, 0.15) is 12.1 Å². The molecule has 0 amide bonds. The molecule has 194 valence electrons. The van der Waals surface area contributed by atoms with Gasteiger partial charge in [-0.1, -0.05) is 109 Å². The van der Waals surface area contributed by atoms with Gasteiger partial charge < -0.3 is 13.1 Å². The van der Waals surface area contributed by atoms with Crippen LogP contribution in [0.25, 0.3) is 65.7 Å². The maximum absolute atomic E-state index is 7.12. The summed E-state index contributed by atoms with van der Waals surface area (Å²) in [4.78, 5) is 0. The SMILES string of the molecule is c1ccc(-c2cc3ccccc3c3c2op(C2CCOC2)oc2c(-c4ccccc4)cc4ccccc4c23)cc1. The average molecular weight is 539 g/mol. The highest BCUT2D eigenvalue weighted by Gasteiger charge is 2.26. The van der Waals surface area contributed by atoms with E-state index in [4.69, 9.17) is 13.1 Å². The first kappa shape index (κ1) is 23.6. The number of fused-ring (bicyclic) bond motifs is 7. The molecule has 1 aliphatic rings. The molecule has 40 heavy (non-hydrogen) atoms. The van der Waals surface area contributed by atoms with E-state index in [0.717, 1.165) is 68.0 Å². The molecular formula is C36H27O3P. The largest absolute Gasteiger partial charge is 0.418 e. The van der Waals surface area contributed by atoms with Gasteiger partial charge in [0.05, 0.1) is 12.3 Å². The number of hydrogen-bond donors (Lipinski definition) is 0. The average Bonchev–Trinajstić information content (AvgIpc) is 3.50. The van der Waals surface area contributed by atoms with Crippen LogP contribution in [-0.2, 0) is 4.74 Å². The summed E-state index contributed by atoms with van der Waals surface area (Å²) in [5.74, 6) is 0. The van der Waals surface area contributed by atoms with Crippen molar-refractivity contribution in [2.75, 3.05) is 13.2 Å². The van der Waals surface area contributed by atoms with Crippen molar-refractivity contribution in [1.82, 2.24) is 0 Å². The fraction of sp³-hybridized carbons (Fsp3) is 0.111. The van der Waals surface area contributed by atoms with E-state index in [9.17, 15) is 0 Å². The monoisotopic (exact) mass is 538 g/mol. The highest BCUT2D eigenvalue weighted by atomic mass is 31.1. The molecule has 0 N–H and O–H groups in total. The normalized spacial score (nSPS) is 15.3. The predicted octanol–water partition coefficient (Wildman–Crippen LogP) is 10.9. The third-order valence-electron chi connectivity index (χ3n) is 7.99. The summed E-state index contributed by atoms with van der Waals surface area (Å²) in [5, 5.41) is 6.89. The molecule has 0 spiro atoms. The Bertz CT molecular complexity index is 1920. The van der Waals surface area contributed by atoms with E-state index < -0.39 is 8.01 Å². The first-order chi connectivity index (χ1) is 19.8. The summed E-state index contributed by atoms with van der Waals surface area (Å²) in [6.07, 6.45) is 0.929. The molecule has 1 fully saturated rings. The standard InChI is InChI=1S/C36H27O3P/c1-3-11-24(12-4-1)31-21-26-15-7-9-17-29(26)33-34-30-18-10-8-16-27(30)22-32(25-13-5-2-6-14-25)36(34)39-40(38-35(31)33)28-19-20-37-23-28/h1-18,21-22,28H,19-20,23H2. The van der Waals surface area contributed by atoms with Gasteiger partial charge in [0.15, 0.2) is 11.2 Å². The van der Waals surface area contributed by atoms with Crippen LogP contribution in [0.2, 0.25) is 0 Å². The van der Waals surface area contributed by atoms with Gasteiger partial charge in [0.25, 0.3) is 0 Å². The Morgan fingerprint density at radius 1 is 0.550 bits per heavy atom. The molecule has 1 aromatic heterocycles. The molecule has 1 aliphatic heterocycles. The second-order valence-corrected chi connectivity index (χ2v) is 12.1.